The molecule has 1 aromatic carbocycles. The van der Waals surface area contributed by atoms with Crippen molar-refractivity contribution in [2.75, 3.05) is 0 Å². The lowest BCUT2D eigenvalue weighted by atomic mass is 9.74. The molecule has 0 saturated heterocycles. The highest BCUT2D eigenvalue weighted by Crippen LogP contribution is 2.33. The number of carboxylic acids is 1. The van der Waals surface area contributed by atoms with E-state index in [2.05, 4.69) is 15.6 Å². The maximum atomic E-state index is 12.4. The summed E-state index contributed by atoms with van der Waals surface area (Å²) in [5.41, 5.74) is 0.907. The highest BCUT2D eigenvalue weighted by atomic mass is 16.4. The number of amides is 1. The minimum atomic E-state index is -0.852. The van der Waals surface area contributed by atoms with Gasteiger partial charge in [-0.3, -0.25) is 9.59 Å². The number of benzene rings is 1. The van der Waals surface area contributed by atoms with Crippen LogP contribution in [0.1, 0.15) is 32.6 Å². The number of aliphatic carboxylic acids is 1. The van der Waals surface area contributed by atoms with Crippen LogP contribution in [0.4, 0.5) is 0 Å². The van der Waals surface area contributed by atoms with Crippen molar-refractivity contribution >= 4 is 11.9 Å². The van der Waals surface area contributed by atoms with Crippen molar-refractivity contribution in [3.05, 3.63) is 36.5 Å². The third-order valence-corrected chi connectivity index (χ3v) is 4.84. The molecule has 2 atom stereocenters. The van der Waals surface area contributed by atoms with Crippen LogP contribution in [0.15, 0.2) is 36.5 Å². The molecule has 7 heteroatoms. The lowest BCUT2D eigenvalue weighted by Gasteiger charge is -2.39. The third-order valence-electron chi connectivity index (χ3n) is 4.84. The van der Waals surface area contributed by atoms with Gasteiger partial charge in [-0.05, 0) is 19.8 Å². The molecular formula is C18H22N4O3. The normalized spacial score (nSPS) is 23.2. The van der Waals surface area contributed by atoms with Gasteiger partial charge < -0.3 is 10.4 Å². The van der Waals surface area contributed by atoms with Crippen molar-refractivity contribution in [1.29, 1.82) is 0 Å². The van der Waals surface area contributed by atoms with Crippen molar-refractivity contribution in [3.63, 3.8) is 0 Å². The lowest BCUT2D eigenvalue weighted by Crippen LogP contribution is -2.56. The maximum absolute atomic E-state index is 12.4. The van der Waals surface area contributed by atoms with E-state index < -0.39 is 17.4 Å². The van der Waals surface area contributed by atoms with E-state index in [1.165, 1.54) is 4.68 Å². The average molecular weight is 342 g/mol. The zero-order valence-corrected chi connectivity index (χ0v) is 14.2. The topological polar surface area (TPSA) is 97.1 Å². The Labute approximate surface area is 146 Å². The molecule has 1 aliphatic rings. The van der Waals surface area contributed by atoms with Gasteiger partial charge in [-0.25, -0.2) is 4.68 Å². The number of hydrogen-bond acceptors (Lipinski definition) is 4. The van der Waals surface area contributed by atoms with Crippen LogP contribution < -0.4 is 5.32 Å². The van der Waals surface area contributed by atoms with Crippen molar-refractivity contribution in [1.82, 2.24) is 20.3 Å². The maximum Gasteiger partial charge on any atom is 0.308 e. The second-order valence-corrected chi connectivity index (χ2v) is 6.77. The van der Waals surface area contributed by atoms with Gasteiger partial charge in [0.1, 0.15) is 12.2 Å². The molecule has 1 heterocycles. The third kappa shape index (κ3) is 3.87. The molecule has 1 saturated carbocycles. The molecule has 1 aliphatic carbocycles. The Morgan fingerprint density at radius 2 is 2.08 bits per heavy atom. The van der Waals surface area contributed by atoms with Crippen LogP contribution in [0.3, 0.4) is 0 Å². The number of rotatable bonds is 5. The monoisotopic (exact) mass is 342 g/mol. The predicted molar refractivity (Wildman–Crippen MR) is 91.6 cm³/mol. The lowest BCUT2D eigenvalue weighted by molar-refractivity contribution is -0.146. The highest BCUT2D eigenvalue weighted by Gasteiger charge is 2.42. The van der Waals surface area contributed by atoms with Crippen LogP contribution in [0, 0.1) is 5.92 Å². The standard InChI is InChI=1S/C18H22N4O3/c1-18(10-6-5-9-14(18)17(24)25)19-16(23)12-22-11-15(20-21-22)13-7-3-2-4-8-13/h2-4,7-8,11,14H,5-6,9-10,12H2,1H3,(H,19,23)(H,24,25). The van der Waals surface area contributed by atoms with E-state index in [0.29, 0.717) is 18.5 Å². The summed E-state index contributed by atoms with van der Waals surface area (Å²) in [6, 6.07) is 9.60. The first kappa shape index (κ1) is 17.1. The Morgan fingerprint density at radius 3 is 2.80 bits per heavy atom. The number of carboxylic acid groups (broad SMARTS) is 1. The second-order valence-electron chi connectivity index (χ2n) is 6.77. The SMILES string of the molecule is CC1(NC(=O)Cn2cc(-c3ccccc3)nn2)CCCCC1C(=O)O. The molecule has 132 valence electrons. The summed E-state index contributed by atoms with van der Waals surface area (Å²) in [5, 5.41) is 20.4. The number of nitrogens with one attached hydrogen (secondary N) is 1. The van der Waals surface area contributed by atoms with Crippen LogP contribution in [0.5, 0.6) is 0 Å². The molecule has 2 N–H and O–H groups in total. The fraction of sp³-hybridized carbons (Fsp3) is 0.444. The Kier molecular flexibility index (Phi) is 4.83. The minimum Gasteiger partial charge on any atom is -0.481 e. The Hall–Kier alpha value is -2.70. The molecule has 0 spiro atoms. The largest absolute Gasteiger partial charge is 0.481 e. The van der Waals surface area contributed by atoms with Gasteiger partial charge in [0, 0.05) is 5.56 Å². The first-order valence-corrected chi connectivity index (χ1v) is 8.47. The van der Waals surface area contributed by atoms with Crippen molar-refractivity contribution < 1.29 is 14.7 Å². The van der Waals surface area contributed by atoms with E-state index >= 15 is 0 Å². The molecule has 1 fully saturated rings. The summed E-state index contributed by atoms with van der Waals surface area (Å²) < 4.78 is 1.47. The van der Waals surface area contributed by atoms with E-state index in [9.17, 15) is 14.7 Å². The van der Waals surface area contributed by atoms with Gasteiger partial charge in [0.2, 0.25) is 5.91 Å². The molecule has 2 unspecified atom stereocenters. The van der Waals surface area contributed by atoms with Crippen LogP contribution in [-0.2, 0) is 16.1 Å². The number of hydrogen-bond donors (Lipinski definition) is 2. The molecule has 0 radical (unpaired) electrons. The quantitative estimate of drug-likeness (QED) is 0.867. The predicted octanol–water partition coefficient (Wildman–Crippen LogP) is 2.09. The number of nitrogens with zero attached hydrogens (tertiary/aromatic N) is 3. The summed E-state index contributed by atoms with van der Waals surface area (Å²) in [4.78, 5) is 23.9. The molecule has 1 aromatic heterocycles. The average Bonchev–Trinajstić information content (AvgIpc) is 3.03. The molecule has 1 amide bonds. The van der Waals surface area contributed by atoms with Gasteiger partial charge >= 0.3 is 5.97 Å². The van der Waals surface area contributed by atoms with Crippen molar-refractivity contribution in [2.24, 2.45) is 5.92 Å². The van der Waals surface area contributed by atoms with E-state index in [4.69, 9.17) is 0 Å². The highest BCUT2D eigenvalue weighted by molar-refractivity contribution is 5.79. The summed E-state index contributed by atoms with van der Waals surface area (Å²) in [7, 11) is 0. The molecule has 25 heavy (non-hydrogen) atoms. The van der Waals surface area contributed by atoms with Crippen LogP contribution in [0.25, 0.3) is 11.3 Å². The van der Waals surface area contributed by atoms with Gasteiger partial charge in [0.05, 0.1) is 17.7 Å². The number of carbonyl (C=O) groups is 2. The number of carbonyl (C=O) groups excluding carboxylic acids is 1. The Balaban J connectivity index is 1.66. The first-order chi connectivity index (χ1) is 12.0. The van der Waals surface area contributed by atoms with E-state index in [0.717, 1.165) is 18.4 Å². The fourth-order valence-electron chi connectivity index (χ4n) is 3.50. The van der Waals surface area contributed by atoms with Crippen LogP contribution in [0.2, 0.25) is 0 Å². The molecule has 0 aliphatic heterocycles. The molecule has 0 bridgehead atoms. The fourth-order valence-corrected chi connectivity index (χ4v) is 3.50. The smallest absolute Gasteiger partial charge is 0.308 e. The van der Waals surface area contributed by atoms with Gasteiger partial charge in [0.15, 0.2) is 0 Å². The molecule has 2 aromatic rings. The Bertz CT molecular complexity index is 759. The zero-order chi connectivity index (χ0) is 17.9. The van der Waals surface area contributed by atoms with Gasteiger partial charge in [0.25, 0.3) is 0 Å². The van der Waals surface area contributed by atoms with E-state index in [-0.39, 0.29) is 12.5 Å². The number of aromatic nitrogens is 3. The van der Waals surface area contributed by atoms with Gasteiger partial charge in [-0.2, -0.15) is 0 Å². The molecular weight excluding hydrogens is 320 g/mol. The first-order valence-electron chi connectivity index (χ1n) is 8.47. The van der Waals surface area contributed by atoms with Crippen LogP contribution >= 0.6 is 0 Å². The van der Waals surface area contributed by atoms with Crippen LogP contribution in [-0.4, -0.2) is 37.5 Å². The summed E-state index contributed by atoms with van der Waals surface area (Å²) in [6.45, 7) is 1.83. The summed E-state index contributed by atoms with van der Waals surface area (Å²) >= 11 is 0. The zero-order valence-electron chi connectivity index (χ0n) is 14.2. The van der Waals surface area contributed by atoms with Crippen molar-refractivity contribution in [3.8, 4) is 11.3 Å². The second kappa shape index (κ2) is 7.04. The van der Waals surface area contributed by atoms with E-state index in [1.54, 1.807) is 6.20 Å². The minimum absolute atomic E-state index is 0.0156. The van der Waals surface area contributed by atoms with Gasteiger partial charge in [-0.15, -0.1) is 5.10 Å². The Morgan fingerprint density at radius 1 is 1.32 bits per heavy atom. The summed E-state index contributed by atoms with van der Waals surface area (Å²) in [6.07, 6.45) is 4.77. The molecule has 3 rings (SSSR count). The molecule has 7 nitrogen and oxygen atoms in total. The summed E-state index contributed by atoms with van der Waals surface area (Å²) in [5.74, 6) is -1.66. The van der Waals surface area contributed by atoms with Gasteiger partial charge in [-0.1, -0.05) is 48.4 Å². The van der Waals surface area contributed by atoms with E-state index in [1.807, 2.05) is 37.3 Å². The van der Waals surface area contributed by atoms with Crippen molar-refractivity contribution in [2.45, 2.75) is 44.7 Å².